The molecule has 0 aliphatic heterocycles. The van der Waals surface area contributed by atoms with Gasteiger partial charge in [-0.1, -0.05) is 32.9 Å². The highest BCUT2D eigenvalue weighted by molar-refractivity contribution is 5.85. The molecule has 0 saturated carbocycles. The largest absolute Gasteiger partial charge is 0.481 e. The highest BCUT2D eigenvalue weighted by Gasteiger charge is 2.17. The summed E-state index contributed by atoms with van der Waals surface area (Å²) in [6, 6.07) is 7.98. The van der Waals surface area contributed by atoms with Gasteiger partial charge in [0.05, 0.1) is 0 Å². The van der Waals surface area contributed by atoms with Gasteiger partial charge in [0.1, 0.15) is 5.75 Å². The molecular formula is C17H29ClN2O2. The zero-order valence-electron chi connectivity index (χ0n) is 14.2. The predicted molar refractivity (Wildman–Crippen MR) is 93.8 cm³/mol. The Hall–Kier alpha value is -1.26. The fourth-order valence-electron chi connectivity index (χ4n) is 1.86. The summed E-state index contributed by atoms with van der Waals surface area (Å²) in [5.74, 6) is 0.606. The smallest absolute Gasteiger partial charge is 0.260 e. The second kappa shape index (κ2) is 9.01. The van der Waals surface area contributed by atoms with E-state index in [0.717, 1.165) is 12.2 Å². The summed E-state index contributed by atoms with van der Waals surface area (Å²) >= 11 is 0. The minimum Gasteiger partial charge on any atom is -0.481 e. The topological polar surface area (TPSA) is 64.3 Å². The molecule has 22 heavy (non-hydrogen) atoms. The Morgan fingerprint density at radius 1 is 1.32 bits per heavy atom. The molecule has 1 amide bonds. The Balaban J connectivity index is 0.00000441. The number of carbonyl (C=O) groups excluding carboxylic acids is 1. The lowest BCUT2D eigenvalue weighted by molar-refractivity contribution is -0.127. The Bertz CT molecular complexity index is 470. The third kappa shape index (κ3) is 7.14. The summed E-state index contributed by atoms with van der Waals surface area (Å²) in [6.45, 7) is 10.7. The van der Waals surface area contributed by atoms with Gasteiger partial charge >= 0.3 is 0 Å². The molecular weight excluding hydrogens is 300 g/mol. The van der Waals surface area contributed by atoms with Crippen LogP contribution in [0.5, 0.6) is 5.75 Å². The lowest BCUT2D eigenvalue weighted by atomic mass is 9.87. The van der Waals surface area contributed by atoms with E-state index in [4.69, 9.17) is 10.5 Å². The third-order valence-electron chi connectivity index (χ3n) is 3.28. The zero-order chi connectivity index (χ0) is 16.0. The third-order valence-corrected chi connectivity index (χ3v) is 3.28. The SMILES string of the molecule is CC(N)CCNC(=O)C(C)Oc1cccc(C(C)(C)C)c1.Cl. The van der Waals surface area contributed by atoms with Crippen molar-refractivity contribution >= 4 is 18.3 Å². The van der Waals surface area contributed by atoms with Gasteiger partial charge in [0.25, 0.3) is 5.91 Å². The number of nitrogens with one attached hydrogen (secondary N) is 1. The van der Waals surface area contributed by atoms with E-state index in [1.54, 1.807) is 6.92 Å². The molecule has 0 aliphatic rings. The maximum atomic E-state index is 11.9. The van der Waals surface area contributed by atoms with Gasteiger partial charge in [0, 0.05) is 12.6 Å². The van der Waals surface area contributed by atoms with E-state index in [1.165, 1.54) is 5.56 Å². The molecule has 0 bridgehead atoms. The molecule has 126 valence electrons. The van der Waals surface area contributed by atoms with Gasteiger partial charge in [0.15, 0.2) is 6.10 Å². The number of amides is 1. The standard InChI is InChI=1S/C17H28N2O2.ClH/c1-12(18)9-10-19-16(20)13(2)21-15-8-6-7-14(11-15)17(3,4)5;/h6-8,11-13H,9-10,18H2,1-5H3,(H,19,20);1H. The Labute approximate surface area is 140 Å². The number of nitrogens with two attached hydrogens (primary N) is 1. The minimum absolute atomic E-state index is 0. The molecule has 0 saturated heterocycles. The van der Waals surface area contributed by atoms with Crippen molar-refractivity contribution in [3.8, 4) is 5.75 Å². The lowest BCUT2D eigenvalue weighted by Crippen LogP contribution is -2.38. The fraction of sp³-hybridized carbons (Fsp3) is 0.588. The number of ether oxygens (including phenoxy) is 1. The molecule has 1 aromatic rings. The second-order valence-electron chi connectivity index (χ2n) is 6.59. The molecule has 0 heterocycles. The second-order valence-corrected chi connectivity index (χ2v) is 6.59. The number of rotatable bonds is 6. The Kier molecular flexibility index (Phi) is 8.49. The number of hydrogen-bond donors (Lipinski definition) is 2. The van der Waals surface area contributed by atoms with E-state index in [9.17, 15) is 4.79 Å². The van der Waals surface area contributed by atoms with Crippen molar-refractivity contribution in [1.82, 2.24) is 5.32 Å². The van der Waals surface area contributed by atoms with Crippen LogP contribution in [0.25, 0.3) is 0 Å². The number of benzene rings is 1. The van der Waals surface area contributed by atoms with Gasteiger partial charge in [-0.05, 0) is 43.4 Å². The summed E-state index contributed by atoms with van der Waals surface area (Å²) in [7, 11) is 0. The van der Waals surface area contributed by atoms with Crippen LogP contribution in [0.1, 0.15) is 46.6 Å². The van der Waals surface area contributed by atoms with Crippen molar-refractivity contribution in [3.05, 3.63) is 29.8 Å². The molecule has 1 aromatic carbocycles. The Morgan fingerprint density at radius 2 is 1.95 bits per heavy atom. The van der Waals surface area contributed by atoms with E-state index >= 15 is 0 Å². The Morgan fingerprint density at radius 3 is 2.50 bits per heavy atom. The van der Waals surface area contributed by atoms with Gasteiger partial charge in [-0.25, -0.2) is 0 Å². The van der Waals surface area contributed by atoms with E-state index in [-0.39, 0.29) is 29.8 Å². The molecule has 0 radical (unpaired) electrons. The van der Waals surface area contributed by atoms with E-state index in [0.29, 0.717) is 6.54 Å². The highest BCUT2D eigenvalue weighted by Crippen LogP contribution is 2.26. The van der Waals surface area contributed by atoms with Gasteiger partial charge in [-0.15, -0.1) is 12.4 Å². The van der Waals surface area contributed by atoms with Crippen molar-refractivity contribution in [3.63, 3.8) is 0 Å². The van der Waals surface area contributed by atoms with Gasteiger partial charge in [-0.3, -0.25) is 4.79 Å². The average Bonchev–Trinajstić information content (AvgIpc) is 2.37. The lowest BCUT2D eigenvalue weighted by Gasteiger charge is -2.21. The molecule has 5 heteroatoms. The van der Waals surface area contributed by atoms with Crippen LogP contribution in [-0.2, 0) is 10.2 Å². The van der Waals surface area contributed by atoms with Crippen molar-refractivity contribution in [2.75, 3.05) is 6.54 Å². The van der Waals surface area contributed by atoms with Crippen LogP contribution in [-0.4, -0.2) is 24.6 Å². The average molecular weight is 329 g/mol. The van der Waals surface area contributed by atoms with Crippen LogP contribution in [0.2, 0.25) is 0 Å². The molecule has 3 N–H and O–H groups in total. The van der Waals surface area contributed by atoms with E-state index < -0.39 is 6.10 Å². The minimum atomic E-state index is -0.520. The molecule has 0 spiro atoms. The van der Waals surface area contributed by atoms with Crippen molar-refractivity contribution in [1.29, 1.82) is 0 Å². The van der Waals surface area contributed by atoms with Gasteiger partial charge < -0.3 is 15.8 Å². The van der Waals surface area contributed by atoms with E-state index in [2.05, 4.69) is 32.2 Å². The summed E-state index contributed by atoms with van der Waals surface area (Å²) in [6.07, 6.45) is 0.242. The molecule has 4 nitrogen and oxygen atoms in total. The van der Waals surface area contributed by atoms with Gasteiger partial charge in [0.2, 0.25) is 0 Å². The quantitative estimate of drug-likeness (QED) is 0.843. The van der Waals surface area contributed by atoms with Gasteiger partial charge in [-0.2, -0.15) is 0 Å². The van der Waals surface area contributed by atoms with E-state index in [1.807, 2.05) is 25.1 Å². The maximum Gasteiger partial charge on any atom is 0.260 e. The number of halogens is 1. The zero-order valence-corrected chi connectivity index (χ0v) is 15.0. The summed E-state index contributed by atoms with van der Waals surface area (Å²) < 4.78 is 5.73. The first-order valence-corrected chi connectivity index (χ1v) is 7.50. The van der Waals surface area contributed by atoms with Crippen LogP contribution in [0.3, 0.4) is 0 Å². The first kappa shape index (κ1) is 20.7. The molecule has 0 aliphatic carbocycles. The first-order chi connectivity index (χ1) is 9.70. The predicted octanol–water partition coefficient (Wildman–Crippen LogP) is 3.03. The van der Waals surface area contributed by atoms with Crippen molar-refractivity contribution in [2.24, 2.45) is 5.73 Å². The molecule has 2 unspecified atom stereocenters. The molecule has 1 rings (SSSR count). The number of hydrogen-bond acceptors (Lipinski definition) is 3. The van der Waals surface area contributed by atoms with Crippen molar-refractivity contribution < 1.29 is 9.53 Å². The summed E-state index contributed by atoms with van der Waals surface area (Å²) in [5.41, 5.74) is 6.90. The van der Waals surface area contributed by atoms with Crippen LogP contribution < -0.4 is 15.8 Å². The monoisotopic (exact) mass is 328 g/mol. The molecule has 2 atom stereocenters. The first-order valence-electron chi connectivity index (χ1n) is 7.50. The molecule has 0 aromatic heterocycles. The van der Waals surface area contributed by atoms with Crippen LogP contribution in [0.15, 0.2) is 24.3 Å². The van der Waals surface area contributed by atoms with Crippen LogP contribution in [0.4, 0.5) is 0 Å². The van der Waals surface area contributed by atoms with Crippen LogP contribution in [0, 0.1) is 0 Å². The summed E-state index contributed by atoms with van der Waals surface area (Å²) in [5, 5.41) is 2.83. The normalized spacial score (nSPS) is 13.7. The fourth-order valence-corrected chi connectivity index (χ4v) is 1.86. The summed E-state index contributed by atoms with van der Waals surface area (Å²) in [4.78, 5) is 11.9. The molecule has 0 fully saturated rings. The highest BCUT2D eigenvalue weighted by atomic mass is 35.5. The number of carbonyl (C=O) groups is 1. The van der Waals surface area contributed by atoms with Crippen molar-refractivity contribution in [2.45, 2.75) is 58.6 Å². The van der Waals surface area contributed by atoms with Crippen LogP contribution >= 0.6 is 12.4 Å². The maximum absolute atomic E-state index is 11.9.